The maximum atomic E-state index is 13.7. The van der Waals surface area contributed by atoms with Crippen LogP contribution in [0.1, 0.15) is 10.4 Å². The third kappa shape index (κ3) is 2.82. The number of hydrogen-bond donors (Lipinski definition) is 1. The maximum absolute atomic E-state index is 13.7. The summed E-state index contributed by atoms with van der Waals surface area (Å²) in [7, 11) is 0. The molecule has 0 heterocycles. The van der Waals surface area contributed by atoms with Gasteiger partial charge in [0.25, 0.3) is 0 Å². The van der Waals surface area contributed by atoms with Crippen LogP contribution in [0.2, 0.25) is 0 Å². The second-order valence-electron chi connectivity index (χ2n) is 3.81. The van der Waals surface area contributed by atoms with E-state index < -0.39 is 11.6 Å². The van der Waals surface area contributed by atoms with Gasteiger partial charge in [-0.1, -0.05) is 0 Å². The van der Waals surface area contributed by atoms with E-state index in [2.05, 4.69) is 10.5 Å². The Labute approximate surface area is 126 Å². The van der Waals surface area contributed by atoms with Crippen molar-refractivity contribution in [3.63, 3.8) is 0 Å². The smallest absolute Gasteiger partial charge is 0.155 e. The molecular weight excluding hydrogens is 381 g/mol. The third-order valence-electron chi connectivity index (χ3n) is 2.58. The molecule has 0 bridgehead atoms. The highest BCUT2D eigenvalue weighted by Gasteiger charge is 2.15. The average Bonchev–Trinajstić information content (AvgIpc) is 2.42. The number of nitrogens with zero attached hydrogens (tertiary/aromatic N) is 1. The van der Waals surface area contributed by atoms with Crippen LogP contribution in [0.25, 0.3) is 0 Å². The number of carbonyl (C=O) groups excluding carboxylic acids is 1. The Hall–Kier alpha value is -1.90. The van der Waals surface area contributed by atoms with Crippen LogP contribution in [0.3, 0.4) is 0 Å². The lowest BCUT2D eigenvalue weighted by Crippen LogP contribution is -2.00. The Kier molecular flexibility index (Phi) is 4.38. The molecule has 0 aliphatic carbocycles. The average molecular weight is 388 g/mol. The standard InChI is InChI=1S/C13H7F2IN2O2/c14-9-2-4-12(18-20)13(8(9)6-19)17-11-3-1-7(16)5-10(11)15/h1-6,17H. The minimum absolute atomic E-state index is 0.0176. The number of hydrogen-bond acceptors (Lipinski definition) is 4. The van der Waals surface area contributed by atoms with Gasteiger partial charge in [0.05, 0.1) is 16.9 Å². The lowest BCUT2D eigenvalue weighted by molar-refractivity contribution is 0.112. The van der Waals surface area contributed by atoms with Crippen molar-refractivity contribution >= 4 is 45.9 Å². The van der Waals surface area contributed by atoms with Crippen molar-refractivity contribution in [3.05, 3.63) is 56.0 Å². The van der Waals surface area contributed by atoms with Gasteiger partial charge in [-0.25, -0.2) is 8.78 Å². The fraction of sp³-hybridized carbons (Fsp3) is 0. The molecule has 2 aromatic rings. The van der Waals surface area contributed by atoms with Gasteiger partial charge < -0.3 is 5.32 Å². The largest absolute Gasteiger partial charge is 0.351 e. The second kappa shape index (κ2) is 6.04. The van der Waals surface area contributed by atoms with E-state index in [4.69, 9.17) is 0 Å². The predicted molar refractivity (Wildman–Crippen MR) is 79.6 cm³/mol. The molecule has 0 saturated heterocycles. The van der Waals surface area contributed by atoms with Gasteiger partial charge in [-0.2, -0.15) is 0 Å². The van der Waals surface area contributed by atoms with Crippen molar-refractivity contribution in [3.8, 4) is 0 Å². The summed E-state index contributed by atoms with van der Waals surface area (Å²) in [6, 6.07) is 6.38. The number of nitrogens with one attached hydrogen (secondary N) is 1. The highest BCUT2D eigenvalue weighted by atomic mass is 127. The van der Waals surface area contributed by atoms with E-state index in [-0.39, 0.29) is 28.9 Å². The molecule has 0 spiro atoms. The summed E-state index contributed by atoms with van der Waals surface area (Å²) in [5.74, 6) is -1.41. The van der Waals surface area contributed by atoms with Gasteiger partial charge in [-0.3, -0.25) is 4.79 Å². The Bertz CT molecular complexity index is 692. The molecule has 0 atom stereocenters. The molecule has 2 rings (SSSR count). The van der Waals surface area contributed by atoms with Crippen LogP contribution < -0.4 is 5.32 Å². The van der Waals surface area contributed by atoms with E-state index in [1.165, 1.54) is 12.1 Å². The SMILES string of the molecule is O=Cc1c(F)ccc(N=O)c1Nc1ccc(I)cc1F. The van der Waals surface area contributed by atoms with Crippen LogP contribution in [0.15, 0.2) is 35.5 Å². The number of rotatable bonds is 4. The molecule has 7 heteroatoms. The quantitative estimate of drug-likeness (QED) is 0.476. The van der Waals surface area contributed by atoms with Crippen molar-refractivity contribution in [1.29, 1.82) is 0 Å². The lowest BCUT2D eigenvalue weighted by Gasteiger charge is -2.12. The molecule has 0 fully saturated rings. The van der Waals surface area contributed by atoms with Gasteiger partial charge >= 0.3 is 0 Å². The number of nitroso groups, excluding NO2 is 1. The normalized spacial score (nSPS) is 10.2. The summed E-state index contributed by atoms with van der Waals surface area (Å²) < 4.78 is 27.9. The minimum Gasteiger partial charge on any atom is -0.351 e. The number of carbonyl (C=O) groups is 1. The van der Waals surface area contributed by atoms with Crippen LogP contribution in [-0.2, 0) is 0 Å². The summed E-state index contributed by atoms with van der Waals surface area (Å²) >= 11 is 1.93. The molecule has 0 unspecified atom stereocenters. The van der Waals surface area contributed by atoms with Gasteiger partial charge in [0.1, 0.15) is 17.3 Å². The zero-order valence-electron chi connectivity index (χ0n) is 9.86. The molecule has 0 saturated carbocycles. The monoisotopic (exact) mass is 388 g/mol. The van der Waals surface area contributed by atoms with Crippen molar-refractivity contribution in [2.24, 2.45) is 5.18 Å². The van der Waals surface area contributed by atoms with Crippen LogP contribution in [0.5, 0.6) is 0 Å². The first-order valence-corrected chi connectivity index (χ1v) is 6.47. The summed E-state index contributed by atoms with van der Waals surface area (Å²) in [6.07, 6.45) is 0.247. The number of anilines is 2. The first kappa shape index (κ1) is 14.5. The topological polar surface area (TPSA) is 58.5 Å². The van der Waals surface area contributed by atoms with Crippen LogP contribution in [-0.4, -0.2) is 6.29 Å². The molecule has 2 aromatic carbocycles. The molecule has 0 radical (unpaired) electrons. The third-order valence-corrected chi connectivity index (χ3v) is 3.25. The fourth-order valence-corrected chi connectivity index (χ4v) is 2.08. The fourth-order valence-electron chi connectivity index (χ4n) is 1.63. The molecule has 0 aliphatic rings. The number of halogens is 3. The number of aldehydes is 1. The Morgan fingerprint density at radius 3 is 2.50 bits per heavy atom. The van der Waals surface area contributed by atoms with Gasteiger partial charge in [0, 0.05) is 3.57 Å². The molecule has 0 amide bonds. The van der Waals surface area contributed by atoms with Crippen molar-refractivity contribution in [1.82, 2.24) is 0 Å². The number of benzene rings is 2. The zero-order chi connectivity index (χ0) is 14.7. The van der Waals surface area contributed by atoms with Gasteiger partial charge in [0.15, 0.2) is 6.29 Å². The summed E-state index contributed by atoms with van der Waals surface area (Å²) in [4.78, 5) is 21.6. The minimum atomic E-state index is -0.819. The summed E-state index contributed by atoms with van der Waals surface area (Å²) in [5.41, 5.74) is -0.689. The van der Waals surface area contributed by atoms with Gasteiger partial charge in [0.2, 0.25) is 0 Å². The Morgan fingerprint density at radius 2 is 1.90 bits per heavy atom. The van der Waals surface area contributed by atoms with E-state index in [1.807, 2.05) is 22.6 Å². The maximum Gasteiger partial charge on any atom is 0.155 e. The van der Waals surface area contributed by atoms with E-state index >= 15 is 0 Å². The lowest BCUT2D eigenvalue weighted by atomic mass is 10.1. The highest BCUT2D eigenvalue weighted by Crippen LogP contribution is 2.33. The zero-order valence-corrected chi connectivity index (χ0v) is 12.0. The predicted octanol–water partition coefficient (Wildman–Crippen LogP) is 4.52. The van der Waals surface area contributed by atoms with E-state index in [9.17, 15) is 18.5 Å². The van der Waals surface area contributed by atoms with Crippen LogP contribution in [0, 0.1) is 20.1 Å². The van der Waals surface area contributed by atoms with Crippen molar-refractivity contribution in [2.75, 3.05) is 5.32 Å². The summed E-state index contributed by atoms with van der Waals surface area (Å²) in [5, 5.41) is 5.24. The molecule has 20 heavy (non-hydrogen) atoms. The Balaban J connectivity index is 2.54. The molecule has 0 aliphatic heterocycles. The molecule has 1 N–H and O–H groups in total. The Morgan fingerprint density at radius 1 is 1.15 bits per heavy atom. The summed E-state index contributed by atoms with van der Waals surface area (Å²) in [6.45, 7) is 0. The van der Waals surface area contributed by atoms with Gasteiger partial charge in [-0.05, 0) is 58.1 Å². The first-order valence-electron chi connectivity index (χ1n) is 5.40. The van der Waals surface area contributed by atoms with E-state index in [0.717, 1.165) is 12.1 Å². The van der Waals surface area contributed by atoms with Crippen molar-refractivity contribution < 1.29 is 13.6 Å². The van der Waals surface area contributed by atoms with E-state index in [0.29, 0.717) is 3.57 Å². The van der Waals surface area contributed by atoms with Gasteiger partial charge in [-0.15, -0.1) is 4.91 Å². The second-order valence-corrected chi connectivity index (χ2v) is 5.06. The van der Waals surface area contributed by atoms with Crippen molar-refractivity contribution in [2.45, 2.75) is 0 Å². The highest BCUT2D eigenvalue weighted by molar-refractivity contribution is 14.1. The van der Waals surface area contributed by atoms with Crippen LogP contribution >= 0.6 is 22.6 Å². The molecule has 0 aromatic heterocycles. The van der Waals surface area contributed by atoms with Crippen LogP contribution in [0.4, 0.5) is 25.8 Å². The molecule has 102 valence electrons. The molecule has 4 nitrogen and oxygen atoms in total. The first-order chi connectivity index (χ1) is 9.56. The van der Waals surface area contributed by atoms with E-state index in [1.54, 1.807) is 6.07 Å². The molecular formula is C13H7F2IN2O2.